The Bertz CT molecular complexity index is 208. The minimum Gasteiger partial charge on any atom is -0.303 e. The lowest BCUT2D eigenvalue weighted by molar-refractivity contribution is 0.0256. The van der Waals surface area contributed by atoms with Crippen LogP contribution in [-0.4, -0.2) is 12.6 Å². The highest BCUT2D eigenvalue weighted by Gasteiger charge is 2.46. The summed E-state index contributed by atoms with van der Waals surface area (Å²) in [6, 6.07) is 0.740. The van der Waals surface area contributed by atoms with Crippen molar-refractivity contribution in [2.24, 2.45) is 5.41 Å². The molecule has 2 aliphatic rings. The van der Waals surface area contributed by atoms with Gasteiger partial charge in [-0.2, -0.15) is 0 Å². The lowest BCUT2D eigenvalue weighted by Gasteiger charge is -2.52. The Morgan fingerprint density at radius 1 is 1.23 bits per heavy atom. The number of hydrogen-bond acceptors (Lipinski definition) is 1. The maximum Gasteiger partial charge on any atom is 0.0576 e. The number of hydrogen-bond donors (Lipinski definition) is 1. The summed E-state index contributed by atoms with van der Waals surface area (Å²) in [5, 5.41) is 3.49. The van der Waals surface area contributed by atoms with Crippen LogP contribution in [0.5, 0.6) is 0 Å². The van der Waals surface area contributed by atoms with Crippen LogP contribution < -0.4 is 5.32 Å². The van der Waals surface area contributed by atoms with Crippen LogP contribution in [0.15, 0.2) is 0 Å². The van der Waals surface area contributed by atoms with Gasteiger partial charge in [0.2, 0.25) is 0 Å². The van der Waals surface area contributed by atoms with Gasteiger partial charge in [-0.05, 0) is 31.1 Å². The van der Waals surface area contributed by atoms with E-state index in [9.17, 15) is 0 Å². The van der Waals surface area contributed by atoms with Gasteiger partial charge in [-0.3, -0.25) is 0 Å². The molecule has 1 unspecified atom stereocenters. The van der Waals surface area contributed by atoms with Gasteiger partial charge in [0.05, 0.1) is 6.54 Å². The molecule has 0 bridgehead atoms. The van der Waals surface area contributed by atoms with E-state index in [-0.39, 0.29) is 0 Å². The van der Waals surface area contributed by atoms with E-state index in [0.29, 0.717) is 5.41 Å². The van der Waals surface area contributed by atoms with E-state index in [1.54, 1.807) is 0 Å². The highest BCUT2D eigenvalue weighted by Crippen LogP contribution is 2.51. The molecule has 2 rings (SSSR count). The number of nitrogens with one attached hydrogen (secondary N) is 1. The van der Waals surface area contributed by atoms with Crippen molar-refractivity contribution in [2.45, 2.75) is 51.0 Å². The minimum absolute atomic E-state index is 0.662. The van der Waals surface area contributed by atoms with E-state index in [1.165, 1.54) is 44.9 Å². The van der Waals surface area contributed by atoms with Gasteiger partial charge in [0.25, 0.3) is 0 Å². The Morgan fingerprint density at radius 2 is 2.00 bits per heavy atom. The average molecular weight is 177 g/mol. The van der Waals surface area contributed by atoms with Crippen LogP contribution in [0.1, 0.15) is 44.9 Å². The molecule has 0 saturated heterocycles. The van der Waals surface area contributed by atoms with E-state index < -0.39 is 0 Å². The summed E-state index contributed by atoms with van der Waals surface area (Å²) < 4.78 is 0. The van der Waals surface area contributed by atoms with Crippen molar-refractivity contribution in [1.29, 1.82) is 0 Å². The Balaban J connectivity index is 1.88. The molecular formula is C12H19N. The fourth-order valence-corrected chi connectivity index (χ4v) is 3.05. The lowest BCUT2D eigenvalue weighted by Crippen LogP contribution is -2.54. The van der Waals surface area contributed by atoms with Gasteiger partial charge < -0.3 is 5.32 Å². The third-order valence-electron chi connectivity index (χ3n) is 3.97. The zero-order valence-electron chi connectivity index (χ0n) is 8.31. The Kier molecular flexibility index (Phi) is 2.60. The van der Waals surface area contributed by atoms with Crippen molar-refractivity contribution >= 4 is 0 Å². The van der Waals surface area contributed by atoms with E-state index >= 15 is 0 Å². The standard InChI is InChI=1S/C12H19N/c1-2-10-13-11-6-9-12(11)7-4-3-5-8-12/h1,11,13H,3-10H2. The lowest BCUT2D eigenvalue weighted by atomic mass is 9.57. The Hall–Kier alpha value is -0.480. The topological polar surface area (TPSA) is 12.0 Å². The molecule has 2 fully saturated rings. The molecule has 0 amide bonds. The summed E-state index contributed by atoms with van der Waals surface area (Å²) >= 11 is 0. The van der Waals surface area contributed by atoms with Crippen molar-refractivity contribution in [3.05, 3.63) is 0 Å². The second kappa shape index (κ2) is 3.72. The molecule has 1 spiro atoms. The van der Waals surface area contributed by atoms with Crippen molar-refractivity contribution in [3.63, 3.8) is 0 Å². The van der Waals surface area contributed by atoms with Gasteiger partial charge >= 0.3 is 0 Å². The highest BCUT2D eigenvalue weighted by molar-refractivity contribution is 5.03. The Labute approximate surface area is 81.3 Å². The number of rotatable bonds is 2. The van der Waals surface area contributed by atoms with E-state index in [0.717, 1.165) is 12.6 Å². The number of terminal acetylenes is 1. The largest absolute Gasteiger partial charge is 0.303 e. The van der Waals surface area contributed by atoms with Gasteiger partial charge in [-0.25, -0.2) is 0 Å². The summed E-state index contributed by atoms with van der Waals surface area (Å²) in [4.78, 5) is 0. The van der Waals surface area contributed by atoms with Crippen molar-refractivity contribution < 1.29 is 0 Å². The van der Waals surface area contributed by atoms with Gasteiger partial charge in [0.15, 0.2) is 0 Å². The van der Waals surface area contributed by atoms with Gasteiger partial charge in [0.1, 0.15) is 0 Å². The molecule has 13 heavy (non-hydrogen) atoms. The van der Waals surface area contributed by atoms with E-state index in [4.69, 9.17) is 6.42 Å². The second-order valence-corrected chi connectivity index (χ2v) is 4.60. The summed E-state index contributed by atoms with van der Waals surface area (Å²) in [7, 11) is 0. The third kappa shape index (κ3) is 1.60. The monoisotopic (exact) mass is 177 g/mol. The van der Waals surface area contributed by atoms with E-state index in [2.05, 4.69) is 11.2 Å². The molecule has 1 heteroatoms. The first-order valence-corrected chi connectivity index (χ1v) is 5.54. The summed E-state index contributed by atoms with van der Waals surface area (Å²) in [5.74, 6) is 2.68. The molecule has 1 nitrogen and oxygen atoms in total. The molecule has 0 aromatic heterocycles. The fraction of sp³-hybridized carbons (Fsp3) is 0.833. The Morgan fingerprint density at radius 3 is 2.54 bits per heavy atom. The predicted molar refractivity (Wildman–Crippen MR) is 55.4 cm³/mol. The molecule has 0 aliphatic heterocycles. The van der Waals surface area contributed by atoms with Crippen molar-refractivity contribution in [3.8, 4) is 12.3 Å². The minimum atomic E-state index is 0.662. The molecule has 72 valence electrons. The van der Waals surface area contributed by atoms with Gasteiger partial charge in [-0.1, -0.05) is 25.2 Å². The molecule has 0 aromatic rings. The van der Waals surface area contributed by atoms with Crippen LogP contribution in [0.25, 0.3) is 0 Å². The third-order valence-corrected chi connectivity index (χ3v) is 3.97. The first kappa shape index (κ1) is 9.09. The highest BCUT2D eigenvalue weighted by atomic mass is 14.9. The van der Waals surface area contributed by atoms with Crippen LogP contribution in [0.4, 0.5) is 0 Å². The molecule has 0 radical (unpaired) electrons. The van der Waals surface area contributed by atoms with Gasteiger partial charge in [-0.15, -0.1) is 6.42 Å². The zero-order chi connectivity index (χ0) is 9.15. The normalized spacial score (nSPS) is 30.8. The quantitative estimate of drug-likeness (QED) is 0.638. The average Bonchev–Trinajstić information content (AvgIpc) is 2.18. The molecular weight excluding hydrogens is 158 g/mol. The van der Waals surface area contributed by atoms with Crippen molar-refractivity contribution in [1.82, 2.24) is 5.32 Å². The maximum atomic E-state index is 5.26. The van der Waals surface area contributed by atoms with Crippen LogP contribution in [-0.2, 0) is 0 Å². The molecule has 2 aliphatic carbocycles. The summed E-state index contributed by atoms with van der Waals surface area (Å²) in [6.45, 7) is 0.756. The molecule has 1 N–H and O–H groups in total. The first-order valence-electron chi connectivity index (χ1n) is 5.54. The van der Waals surface area contributed by atoms with Crippen LogP contribution in [0, 0.1) is 17.8 Å². The second-order valence-electron chi connectivity index (χ2n) is 4.60. The first-order chi connectivity index (χ1) is 6.37. The predicted octanol–water partition coefficient (Wildman–Crippen LogP) is 2.32. The van der Waals surface area contributed by atoms with Crippen LogP contribution >= 0.6 is 0 Å². The maximum absolute atomic E-state index is 5.26. The summed E-state index contributed by atoms with van der Waals surface area (Å²) in [5.41, 5.74) is 0.662. The zero-order valence-corrected chi connectivity index (χ0v) is 8.31. The SMILES string of the molecule is C#CCNC1CCC12CCCCC2. The fourth-order valence-electron chi connectivity index (χ4n) is 3.05. The van der Waals surface area contributed by atoms with Crippen LogP contribution in [0.3, 0.4) is 0 Å². The summed E-state index contributed by atoms with van der Waals surface area (Å²) in [6.07, 6.45) is 15.3. The smallest absolute Gasteiger partial charge is 0.0576 e. The molecule has 0 heterocycles. The molecule has 1 atom stereocenters. The van der Waals surface area contributed by atoms with Crippen LogP contribution in [0.2, 0.25) is 0 Å². The van der Waals surface area contributed by atoms with Gasteiger partial charge in [0, 0.05) is 6.04 Å². The molecule has 2 saturated carbocycles. The van der Waals surface area contributed by atoms with Crippen molar-refractivity contribution in [2.75, 3.05) is 6.54 Å². The molecule has 0 aromatic carbocycles. The van der Waals surface area contributed by atoms with E-state index in [1.807, 2.05) is 0 Å².